The fraction of sp³-hybridized carbons (Fsp3) is 0.231. The summed E-state index contributed by atoms with van der Waals surface area (Å²) in [6, 6.07) is 9.28. The molecule has 0 unspecified atom stereocenters. The number of carbonyl (C=O) groups excluding carboxylic acids is 1. The number of hydrogen-bond donors (Lipinski definition) is 0. The molecular formula is C13H10F3NOS. The van der Waals surface area contributed by atoms with Gasteiger partial charge in [-0.2, -0.15) is 13.2 Å². The molecule has 2 rings (SSSR count). The Hall–Kier alpha value is -1.69. The lowest BCUT2D eigenvalue weighted by molar-refractivity contribution is -0.151. The predicted octanol–water partition coefficient (Wildman–Crippen LogP) is 3.87. The van der Waals surface area contributed by atoms with Gasteiger partial charge in [-0.3, -0.25) is 4.79 Å². The van der Waals surface area contributed by atoms with Crippen molar-refractivity contribution in [3.05, 3.63) is 40.7 Å². The number of carbonyl (C=O) groups is 1. The van der Waals surface area contributed by atoms with E-state index in [4.69, 9.17) is 0 Å². The largest absolute Gasteiger partial charge is 0.395 e. The van der Waals surface area contributed by atoms with Gasteiger partial charge < -0.3 is 0 Å². The Kier molecular flexibility index (Phi) is 3.99. The van der Waals surface area contributed by atoms with E-state index in [1.165, 1.54) is 11.3 Å². The summed E-state index contributed by atoms with van der Waals surface area (Å²) >= 11 is 1.20. The van der Waals surface area contributed by atoms with E-state index in [2.05, 4.69) is 4.98 Å². The van der Waals surface area contributed by atoms with Crippen LogP contribution in [0, 0.1) is 0 Å². The molecule has 0 radical (unpaired) electrons. The molecular weight excluding hydrogens is 275 g/mol. The van der Waals surface area contributed by atoms with Gasteiger partial charge in [-0.25, -0.2) is 4.98 Å². The highest BCUT2D eigenvalue weighted by Gasteiger charge is 2.31. The van der Waals surface area contributed by atoms with Gasteiger partial charge >= 0.3 is 6.18 Å². The molecule has 0 atom stereocenters. The van der Waals surface area contributed by atoms with Gasteiger partial charge in [-0.15, -0.1) is 11.3 Å². The molecule has 100 valence electrons. The minimum absolute atomic E-state index is 0.267. The third kappa shape index (κ3) is 4.17. The molecule has 6 heteroatoms. The number of hydrogen-bond acceptors (Lipinski definition) is 3. The molecule has 0 aliphatic rings. The first kappa shape index (κ1) is 13.7. The molecule has 0 aliphatic heterocycles. The number of benzene rings is 1. The van der Waals surface area contributed by atoms with Gasteiger partial charge in [0.2, 0.25) is 0 Å². The fourth-order valence-electron chi connectivity index (χ4n) is 1.59. The summed E-state index contributed by atoms with van der Waals surface area (Å²) in [6.45, 7) is 0. The van der Waals surface area contributed by atoms with Gasteiger partial charge in [0.15, 0.2) is 0 Å². The van der Waals surface area contributed by atoms with Crippen LogP contribution in [-0.4, -0.2) is 16.9 Å². The van der Waals surface area contributed by atoms with Crippen molar-refractivity contribution < 1.29 is 18.0 Å². The van der Waals surface area contributed by atoms with E-state index in [0.29, 0.717) is 10.7 Å². The molecule has 1 heterocycles. The molecule has 0 bridgehead atoms. The summed E-state index contributed by atoms with van der Waals surface area (Å²) in [4.78, 5) is 15.4. The summed E-state index contributed by atoms with van der Waals surface area (Å²) in [5.41, 5.74) is 1.56. The average molecular weight is 285 g/mol. The number of ketones is 1. The standard InChI is InChI=1S/C13H10F3NOS/c14-13(15,16)7-10(18)6-12-17-11(8-19-12)9-4-2-1-3-5-9/h1-5,8H,6-7H2. The van der Waals surface area contributed by atoms with Gasteiger partial charge in [0.1, 0.15) is 17.2 Å². The molecule has 0 aliphatic carbocycles. The Bertz CT molecular complexity index is 563. The van der Waals surface area contributed by atoms with Gasteiger partial charge in [-0.05, 0) is 0 Å². The molecule has 2 aromatic rings. The third-order valence-electron chi connectivity index (χ3n) is 2.37. The maximum Gasteiger partial charge on any atom is 0.395 e. The molecule has 0 fully saturated rings. The molecule has 0 saturated carbocycles. The Balaban J connectivity index is 2.04. The molecule has 1 aromatic carbocycles. The van der Waals surface area contributed by atoms with Crippen molar-refractivity contribution in [1.82, 2.24) is 4.98 Å². The number of rotatable bonds is 4. The van der Waals surface area contributed by atoms with E-state index in [-0.39, 0.29) is 6.42 Å². The summed E-state index contributed by atoms with van der Waals surface area (Å²) in [6.07, 6.45) is -6.11. The van der Waals surface area contributed by atoms with E-state index in [9.17, 15) is 18.0 Å². The second kappa shape index (κ2) is 5.52. The van der Waals surface area contributed by atoms with Crippen LogP contribution in [0.3, 0.4) is 0 Å². The quantitative estimate of drug-likeness (QED) is 0.853. The lowest BCUT2D eigenvalue weighted by Crippen LogP contribution is -2.16. The van der Waals surface area contributed by atoms with Crippen LogP contribution in [0.25, 0.3) is 11.3 Å². The number of Topliss-reactive ketones (excluding diaryl/α,β-unsaturated/α-hetero) is 1. The first-order valence-corrected chi connectivity index (χ1v) is 6.40. The molecule has 0 spiro atoms. The summed E-state index contributed by atoms with van der Waals surface area (Å²) < 4.78 is 36.1. The van der Waals surface area contributed by atoms with Crippen LogP contribution >= 0.6 is 11.3 Å². The van der Waals surface area contributed by atoms with Gasteiger partial charge in [0, 0.05) is 10.9 Å². The zero-order valence-corrected chi connectivity index (χ0v) is 10.6. The molecule has 2 nitrogen and oxygen atoms in total. The van der Waals surface area contributed by atoms with Crippen LogP contribution in [0.1, 0.15) is 11.4 Å². The second-order valence-corrected chi connectivity index (χ2v) is 4.94. The van der Waals surface area contributed by atoms with Gasteiger partial charge in [0.05, 0.1) is 12.1 Å². The van der Waals surface area contributed by atoms with Crippen molar-refractivity contribution in [3.63, 3.8) is 0 Å². The van der Waals surface area contributed by atoms with Crippen LogP contribution in [0.5, 0.6) is 0 Å². The average Bonchev–Trinajstić information content (AvgIpc) is 2.76. The lowest BCUT2D eigenvalue weighted by atomic mass is 10.2. The maximum atomic E-state index is 12.0. The third-order valence-corrected chi connectivity index (χ3v) is 3.22. The van der Waals surface area contributed by atoms with Crippen LogP contribution in [-0.2, 0) is 11.2 Å². The highest BCUT2D eigenvalue weighted by Crippen LogP contribution is 2.24. The Morgan fingerprint density at radius 1 is 1.21 bits per heavy atom. The van der Waals surface area contributed by atoms with Crippen molar-refractivity contribution in [3.8, 4) is 11.3 Å². The SMILES string of the molecule is O=C(Cc1nc(-c2ccccc2)cs1)CC(F)(F)F. The molecule has 1 aromatic heterocycles. The van der Waals surface area contributed by atoms with Crippen molar-refractivity contribution in [2.45, 2.75) is 19.0 Å². The molecule has 0 saturated heterocycles. The van der Waals surface area contributed by atoms with E-state index in [0.717, 1.165) is 5.56 Å². The fourth-order valence-corrected chi connectivity index (χ4v) is 2.42. The lowest BCUT2D eigenvalue weighted by Gasteiger charge is -2.03. The molecule has 0 N–H and O–H groups in total. The second-order valence-electron chi connectivity index (χ2n) is 4.00. The normalized spacial score (nSPS) is 11.5. The Labute approximate surface area is 111 Å². The highest BCUT2D eigenvalue weighted by atomic mass is 32.1. The minimum atomic E-state index is -4.45. The van der Waals surface area contributed by atoms with Crippen LogP contribution < -0.4 is 0 Å². The van der Waals surface area contributed by atoms with E-state index in [1.54, 1.807) is 5.38 Å². The summed E-state index contributed by atoms with van der Waals surface area (Å²) in [7, 11) is 0. The number of aromatic nitrogens is 1. The van der Waals surface area contributed by atoms with Crippen molar-refractivity contribution >= 4 is 17.1 Å². The summed E-state index contributed by atoms with van der Waals surface area (Å²) in [5, 5.41) is 2.15. The van der Waals surface area contributed by atoms with Crippen molar-refractivity contribution in [2.24, 2.45) is 0 Å². The van der Waals surface area contributed by atoms with E-state index >= 15 is 0 Å². The number of halogens is 3. The summed E-state index contributed by atoms with van der Waals surface area (Å²) in [5.74, 6) is -0.860. The minimum Gasteiger partial charge on any atom is -0.299 e. The van der Waals surface area contributed by atoms with Gasteiger partial charge in [-0.1, -0.05) is 30.3 Å². The van der Waals surface area contributed by atoms with E-state index < -0.39 is 18.4 Å². The Morgan fingerprint density at radius 3 is 2.53 bits per heavy atom. The van der Waals surface area contributed by atoms with Crippen molar-refractivity contribution in [1.29, 1.82) is 0 Å². The number of nitrogens with zero attached hydrogens (tertiary/aromatic N) is 1. The zero-order valence-electron chi connectivity index (χ0n) is 9.78. The Morgan fingerprint density at radius 2 is 1.89 bits per heavy atom. The highest BCUT2D eigenvalue weighted by molar-refractivity contribution is 7.10. The molecule has 0 amide bonds. The van der Waals surface area contributed by atoms with E-state index in [1.807, 2.05) is 30.3 Å². The maximum absolute atomic E-state index is 12.0. The molecule has 19 heavy (non-hydrogen) atoms. The van der Waals surface area contributed by atoms with Crippen LogP contribution in [0.2, 0.25) is 0 Å². The van der Waals surface area contributed by atoms with Crippen molar-refractivity contribution in [2.75, 3.05) is 0 Å². The number of alkyl halides is 3. The zero-order chi connectivity index (χ0) is 13.9. The topological polar surface area (TPSA) is 30.0 Å². The van der Waals surface area contributed by atoms with Crippen LogP contribution in [0.4, 0.5) is 13.2 Å². The first-order chi connectivity index (χ1) is 8.94. The first-order valence-electron chi connectivity index (χ1n) is 5.52. The predicted molar refractivity (Wildman–Crippen MR) is 66.9 cm³/mol. The van der Waals surface area contributed by atoms with Crippen LogP contribution in [0.15, 0.2) is 35.7 Å². The number of thiazole rings is 1. The smallest absolute Gasteiger partial charge is 0.299 e. The van der Waals surface area contributed by atoms with Gasteiger partial charge in [0.25, 0.3) is 0 Å². The monoisotopic (exact) mass is 285 g/mol.